The second kappa shape index (κ2) is 6.99. The molecule has 2 rings (SSSR count). The highest BCUT2D eigenvalue weighted by Crippen LogP contribution is 2.29. The predicted octanol–water partition coefficient (Wildman–Crippen LogP) is 1.85. The molecule has 23 heavy (non-hydrogen) atoms. The molecule has 1 saturated heterocycles. The maximum atomic E-state index is 12.5. The van der Waals surface area contributed by atoms with Gasteiger partial charge in [0.25, 0.3) is 0 Å². The fourth-order valence-electron chi connectivity index (χ4n) is 2.33. The second-order valence-electron chi connectivity index (χ2n) is 5.38. The summed E-state index contributed by atoms with van der Waals surface area (Å²) in [5, 5.41) is 5.32. The van der Waals surface area contributed by atoms with Crippen LogP contribution in [-0.4, -0.2) is 42.4 Å². The molecule has 1 unspecified atom stereocenters. The van der Waals surface area contributed by atoms with Crippen LogP contribution >= 0.6 is 0 Å². The molecule has 5 nitrogen and oxygen atoms in total. The van der Waals surface area contributed by atoms with Crippen molar-refractivity contribution in [1.82, 2.24) is 10.2 Å². The third kappa shape index (κ3) is 4.69. The number of hydrogen-bond donors (Lipinski definition) is 2. The topological polar surface area (TPSA) is 61.4 Å². The second-order valence-corrected chi connectivity index (χ2v) is 5.38. The third-order valence-corrected chi connectivity index (χ3v) is 3.75. The number of carbonyl (C=O) groups is 2. The highest BCUT2D eigenvalue weighted by molar-refractivity contribution is 5.94. The molecule has 126 valence electrons. The van der Waals surface area contributed by atoms with Crippen molar-refractivity contribution in [2.75, 3.05) is 25.0 Å². The van der Waals surface area contributed by atoms with E-state index >= 15 is 0 Å². The maximum absolute atomic E-state index is 12.5. The van der Waals surface area contributed by atoms with E-state index in [0.29, 0.717) is 31.7 Å². The number of nitrogens with one attached hydrogen (secondary N) is 2. The van der Waals surface area contributed by atoms with Crippen LogP contribution in [0.15, 0.2) is 24.3 Å². The molecule has 0 bridgehead atoms. The van der Waals surface area contributed by atoms with Gasteiger partial charge >= 0.3 is 6.18 Å². The summed E-state index contributed by atoms with van der Waals surface area (Å²) in [6.45, 7) is 3.19. The van der Waals surface area contributed by atoms with Crippen LogP contribution in [0.25, 0.3) is 0 Å². The molecule has 1 aromatic rings. The normalized spacial score (nSPS) is 18.0. The first-order valence-electron chi connectivity index (χ1n) is 7.26. The van der Waals surface area contributed by atoms with E-state index in [9.17, 15) is 22.8 Å². The minimum Gasteiger partial charge on any atom is -0.355 e. The van der Waals surface area contributed by atoms with Crippen molar-refractivity contribution in [2.45, 2.75) is 25.6 Å². The van der Waals surface area contributed by atoms with Gasteiger partial charge in [0.2, 0.25) is 11.8 Å². The van der Waals surface area contributed by atoms with Crippen molar-refractivity contribution >= 4 is 17.5 Å². The van der Waals surface area contributed by atoms with Gasteiger partial charge < -0.3 is 10.6 Å². The maximum Gasteiger partial charge on any atom is 0.416 e. The molecule has 0 spiro atoms. The number of hydrogen-bond acceptors (Lipinski definition) is 3. The molecule has 0 saturated carbocycles. The molecule has 1 aromatic carbocycles. The summed E-state index contributed by atoms with van der Waals surface area (Å²) in [6.07, 6.45) is -4.08. The number of anilines is 1. The molecule has 2 N–H and O–H groups in total. The Bertz CT molecular complexity index is 572. The number of rotatable bonds is 3. The molecule has 1 heterocycles. The van der Waals surface area contributed by atoms with E-state index in [-0.39, 0.29) is 11.8 Å². The zero-order valence-corrected chi connectivity index (χ0v) is 12.6. The highest BCUT2D eigenvalue weighted by Gasteiger charge is 2.30. The number of carbonyl (C=O) groups excluding carboxylic acids is 2. The van der Waals surface area contributed by atoms with Crippen molar-refractivity contribution in [3.8, 4) is 0 Å². The van der Waals surface area contributed by atoms with Crippen LogP contribution in [0.2, 0.25) is 0 Å². The van der Waals surface area contributed by atoms with Gasteiger partial charge in [0.15, 0.2) is 0 Å². The summed E-state index contributed by atoms with van der Waals surface area (Å²) in [4.78, 5) is 25.4. The van der Waals surface area contributed by atoms with E-state index in [4.69, 9.17) is 0 Å². The first-order valence-corrected chi connectivity index (χ1v) is 7.26. The van der Waals surface area contributed by atoms with Crippen molar-refractivity contribution in [3.05, 3.63) is 29.8 Å². The van der Waals surface area contributed by atoms with Gasteiger partial charge in [-0.25, -0.2) is 0 Å². The Hall–Kier alpha value is -2.09. The van der Waals surface area contributed by atoms with E-state index in [1.807, 2.05) is 4.90 Å². The molecule has 1 atom stereocenters. The van der Waals surface area contributed by atoms with E-state index in [2.05, 4.69) is 10.6 Å². The van der Waals surface area contributed by atoms with Crippen molar-refractivity contribution < 1.29 is 22.8 Å². The van der Waals surface area contributed by atoms with Crippen LogP contribution in [0.4, 0.5) is 18.9 Å². The van der Waals surface area contributed by atoms with Crippen LogP contribution in [0, 0.1) is 0 Å². The lowest BCUT2D eigenvalue weighted by Gasteiger charge is -2.26. The lowest BCUT2D eigenvalue weighted by atomic mass is 10.2. The molecule has 8 heteroatoms. The van der Waals surface area contributed by atoms with E-state index < -0.39 is 17.8 Å². The molecule has 0 aromatic heterocycles. The van der Waals surface area contributed by atoms with E-state index in [0.717, 1.165) is 12.1 Å². The van der Waals surface area contributed by atoms with Crippen LogP contribution in [0.3, 0.4) is 0 Å². The fourth-order valence-corrected chi connectivity index (χ4v) is 2.33. The van der Waals surface area contributed by atoms with Gasteiger partial charge in [-0.3, -0.25) is 14.5 Å². The molecule has 1 aliphatic rings. The molecule has 0 aliphatic carbocycles. The average Bonchev–Trinajstić information content (AvgIpc) is 2.71. The van der Waals surface area contributed by atoms with Gasteiger partial charge in [0, 0.05) is 31.7 Å². The minimum absolute atomic E-state index is 0.0529. The van der Waals surface area contributed by atoms with Crippen molar-refractivity contribution in [2.24, 2.45) is 0 Å². The van der Waals surface area contributed by atoms with Gasteiger partial charge in [-0.2, -0.15) is 13.2 Å². The van der Waals surface area contributed by atoms with Gasteiger partial charge in [-0.05, 0) is 31.2 Å². The number of halogens is 3. The van der Waals surface area contributed by atoms with Crippen molar-refractivity contribution in [3.63, 3.8) is 0 Å². The third-order valence-electron chi connectivity index (χ3n) is 3.75. The van der Waals surface area contributed by atoms with E-state index in [1.54, 1.807) is 6.92 Å². The van der Waals surface area contributed by atoms with Gasteiger partial charge in [0.1, 0.15) is 0 Å². The quantitative estimate of drug-likeness (QED) is 0.890. The Balaban J connectivity index is 1.96. The molecule has 0 radical (unpaired) electrons. The Morgan fingerprint density at radius 2 is 1.91 bits per heavy atom. The minimum atomic E-state index is -4.40. The highest BCUT2D eigenvalue weighted by atomic mass is 19.4. The molecule has 2 amide bonds. The predicted molar refractivity (Wildman–Crippen MR) is 78.7 cm³/mol. The van der Waals surface area contributed by atoms with Gasteiger partial charge in [0.05, 0.1) is 11.6 Å². The van der Waals surface area contributed by atoms with Gasteiger partial charge in [-0.1, -0.05) is 0 Å². The summed E-state index contributed by atoms with van der Waals surface area (Å²) in [7, 11) is 0. The Morgan fingerprint density at radius 1 is 1.26 bits per heavy atom. The van der Waals surface area contributed by atoms with Gasteiger partial charge in [-0.15, -0.1) is 0 Å². The Kier molecular flexibility index (Phi) is 5.25. The molecular formula is C15H18F3N3O2. The summed E-state index contributed by atoms with van der Waals surface area (Å²) >= 11 is 0. The first kappa shape index (κ1) is 17.3. The Morgan fingerprint density at radius 3 is 2.52 bits per heavy atom. The lowest BCUT2D eigenvalue weighted by Crippen LogP contribution is -2.43. The number of amides is 2. The Labute approximate surface area is 131 Å². The number of nitrogens with zero attached hydrogens (tertiary/aromatic N) is 1. The molecule has 1 fully saturated rings. The smallest absolute Gasteiger partial charge is 0.355 e. The number of alkyl halides is 3. The lowest BCUT2D eigenvalue weighted by molar-refractivity contribution is -0.137. The summed E-state index contributed by atoms with van der Waals surface area (Å²) < 4.78 is 37.5. The van der Waals surface area contributed by atoms with Crippen molar-refractivity contribution in [1.29, 1.82) is 0 Å². The van der Waals surface area contributed by atoms with E-state index in [1.165, 1.54) is 12.1 Å². The largest absolute Gasteiger partial charge is 0.416 e. The summed E-state index contributed by atoms with van der Waals surface area (Å²) in [5.41, 5.74) is -0.459. The molecular weight excluding hydrogens is 311 g/mol. The SMILES string of the molecule is CC(C(=O)Nc1ccc(C(F)(F)F)cc1)N1CCNC(=O)CC1. The van der Waals surface area contributed by atoms with Crippen LogP contribution < -0.4 is 10.6 Å². The summed E-state index contributed by atoms with van der Waals surface area (Å²) in [6, 6.07) is 3.82. The standard InChI is InChI=1S/C15H18F3N3O2/c1-10(21-8-6-13(22)19-7-9-21)14(23)20-12-4-2-11(3-5-12)15(16,17)18/h2-5,10H,6-9H2,1H3,(H,19,22)(H,20,23). The monoisotopic (exact) mass is 329 g/mol. The fraction of sp³-hybridized carbons (Fsp3) is 0.467. The van der Waals surface area contributed by atoms with Crippen LogP contribution in [-0.2, 0) is 15.8 Å². The zero-order valence-electron chi connectivity index (χ0n) is 12.6. The van der Waals surface area contributed by atoms with Crippen LogP contribution in [0.5, 0.6) is 0 Å². The van der Waals surface area contributed by atoms with Crippen LogP contribution in [0.1, 0.15) is 18.9 Å². The summed E-state index contributed by atoms with van der Waals surface area (Å²) in [5.74, 6) is -0.373. The molecule has 1 aliphatic heterocycles. The average molecular weight is 329 g/mol. The zero-order chi connectivity index (χ0) is 17.0. The number of benzene rings is 1. The first-order chi connectivity index (χ1) is 10.8.